The minimum absolute atomic E-state index is 0.673. The molecule has 3 heteroatoms. The van der Waals surface area contributed by atoms with Crippen LogP contribution >= 0.6 is 0 Å². The normalized spacial score (nSPS) is 24.6. The zero-order valence-electron chi connectivity index (χ0n) is 11.1. The van der Waals surface area contributed by atoms with Gasteiger partial charge in [0, 0.05) is 0 Å². The average molecular weight is 247 g/mol. The van der Waals surface area contributed by atoms with Gasteiger partial charge >= 0.3 is 5.97 Å². The number of aryl methyl sites for hydroxylation is 2. The van der Waals surface area contributed by atoms with Gasteiger partial charge < -0.3 is 10.4 Å². The summed E-state index contributed by atoms with van der Waals surface area (Å²) in [5, 5.41) is 13.1. The van der Waals surface area contributed by atoms with Crippen LogP contribution in [0.5, 0.6) is 0 Å². The predicted molar refractivity (Wildman–Crippen MR) is 72.0 cm³/mol. The molecule has 0 radical (unpaired) electrons. The van der Waals surface area contributed by atoms with Gasteiger partial charge in [-0.05, 0) is 57.3 Å². The number of aliphatic carboxylic acids is 1. The van der Waals surface area contributed by atoms with E-state index < -0.39 is 11.4 Å². The lowest BCUT2D eigenvalue weighted by atomic mass is 9.72. The van der Waals surface area contributed by atoms with E-state index in [4.69, 9.17) is 0 Å². The molecular formula is C15H21NO2. The second-order valence-corrected chi connectivity index (χ2v) is 5.31. The lowest BCUT2D eigenvalue weighted by molar-refractivity contribution is -0.144. The first-order valence-corrected chi connectivity index (χ1v) is 6.58. The number of benzene rings is 1. The Kier molecular flexibility index (Phi) is 3.71. The molecule has 1 aromatic carbocycles. The highest BCUT2D eigenvalue weighted by atomic mass is 16.4. The van der Waals surface area contributed by atoms with Crippen LogP contribution < -0.4 is 5.32 Å². The van der Waals surface area contributed by atoms with Gasteiger partial charge in [0.05, 0.1) is 5.41 Å². The molecule has 1 aliphatic rings. The molecule has 0 amide bonds. The second kappa shape index (κ2) is 5.11. The highest BCUT2D eigenvalue weighted by molar-refractivity contribution is 5.82. The van der Waals surface area contributed by atoms with Crippen LogP contribution in [-0.4, -0.2) is 24.2 Å². The number of carboxylic acid groups (broad SMARTS) is 1. The molecule has 1 atom stereocenters. The maximum absolute atomic E-state index is 11.9. The standard InChI is InChI=1S/C15H21NO2/c1-11-4-5-12(2)13(10-11)15(14(17)18)6-3-8-16-9-7-15/h4-5,10,16H,3,6-9H2,1-2H3,(H,17,18). The molecule has 0 aliphatic carbocycles. The first-order chi connectivity index (χ1) is 8.56. The highest BCUT2D eigenvalue weighted by Crippen LogP contribution is 2.36. The summed E-state index contributed by atoms with van der Waals surface area (Å²) in [6.07, 6.45) is 2.31. The van der Waals surface area contributed by atoms with E-state index in [9.17, 15) is 9.90 Å². The van der Waals surface area contributed by atoms with Crippen molar-refractivity contribution in [3.63, 3.8) is 0 Å². The molecule has 3 nitrogen and oxygen atoms in total. The maximum atomic E-state index is 11.9. The van der Waals surface area contributed by atoms with Crippen LogP contribution in [0.25, 0.3) is 0 Å². The van der Waals surface area contributed by atoms with Gasteiger partial charge in [-0.1, -0.05) is 23.8 Å². The average Bonchev–Trinajstić information content (AvgIpc) is 2.58. The van der Waals surface area contributed by atoms with Crippen LogP contribution in [0.1, 0.15) is 36.0 Å². The lowest BCUT2D eigenvalue weighted by Gasteiger charge is -2.30. The topological polar surface area (TPSA) is 49.3 Å². The first-order valence-electron chi connectivity index (χ1n) is 6.58. The number of carboxylic acids is 1. The Morgan fingerprint density at radius 1 is 1.28 bits per heavy atom. The van der Waals surface area contributed by atoms with Crippen LogP contribution in [0.3, 0.4) is 0 Å². The van der Waals surface area contributed by atoms with Gasteiger partial charge in [0.1, 0.15) is 0 Å². The summed E-state index contributed by atoms with van der Waals surface area (Å²) in [4.78, 5) is 11.9. The molecule has 98 valence electrons. The Morgan fingerprint density at radius 2 is 2.06 bits per heavy atom. The number of carbonyl (C=O) groups is 1. The van der Waals surface area contributed by atoms with Crippen molar-refractivity contribution in [3.05, 3.63) is 34.9 Å². The van der Waals surface area contributed by atoms with Crippen LogP contribution in [0, 0.1) is 13.8 Å². The molecule has 2 rings (SSSR count). The molecule has 1 aromatic rings. The quantitative estimate of drug-likeness (QED) is 0.843. The van der Waals surface area contributed by atoms with Gasteiger partial charge in [-0.3, -0.25) is 4.79 Å². The monoisotopic (exact) mass is 247 g/mol. The van der Waals surface area contributed by atoms with Gasteiger partial charge in [0.25, 0.3) is 0 Å². The van der Waals surface area contributed by atoms with Crippen molar-refractivity contribution in [2.75, 3.05) is 13.1 Å². The number of rotatable bonds is 2. The summed E-state index contributed by atoms with van der Waals surface area (Å²) in [5.41, 5.74) is 2.51. The van der Waals surface area contributed by atoms with Crippen molar-refractivity contribution in [2.45, 2.75) is 38.5 Å². The molecule has 2 N–H and O–H groups in total. The van der Waals surface area contributed by atoms with Crippen molar-refractivity contribution in [1.82, 2.24) is 5.32 Å². The molecule has 0 saturated carbocycles. The summed E-state index contributed by atoms with van der Waals surface area (Å²) < 4.78 is 0. The van der Waals surface area contributed by atoms with Crippen molar-refractivity contribution in [2.24, 2.45) is 0 Å². The van der Waals surface area contributed by atoms with Crippen LogP contribution in [0.15, 0.2) is 18.2 Å². The summed E-state index contributed by atoms with van der Waals surface area (Å²) in [6.45, 7) is 5.73. The Labute approximate surface area is 108 Å². The highest BCUT2D eigenvalue weighted by Gasteiger charge is 2.41. The van der Waals surface area contributed by atoms with Crippen molar-refractivity contribution < 1.29 is 9.90 Å². The van der Waals surface area contributed by atoms with Gasteiger partial charge in [0.15, 0.2) is 0 Å². The molecule has 1 saturated heterocycles. The molecule has 18 heavy (non-hydrogen) atoms. The fraction of sp³-hybridized carbons (Fsp3) is 0.533. The third-order valence-electron chi connectivity index (χ3n) is 4.00. The van der Waals surface area contributed by atoms with E-state index in [1.165, 1.54) is 0 Å². The molecule has 1 fully saturated rings. The molecule has 1 heterocycles. The fourth-order valence-corrected chi connectivity index (χ4v) is 2.92. The largest absolute Gasteiger partial charge is 0.481 e. The summed E-state index contributed by atoms with van der Waals surface area (Å²) in [5.74, 6) is -0.681. The molecule has 0 spiro atoms. The number of nitrogens with one attached hydrogen (secondary N) is 1. The number of hydrogen-bond donors (Lipinski definition) is 2. The molecule has 1 aliphatic heterocycles. The van der Waals surface area contributed by atoms with E-state index in [0.717, 1.165) is 42.6 Å². The maximum Gasteiger partial charge on any atom is 0.314 e. The summed E-state index contributed by atoms with van der Waals surface area (Å²) in [6, 6.07) is 6.13. The molecule has 0 aromatic heterocycles. The van der Waals surface area contributed by atoms with Crippen molar-refractivity contribution in [1.29, 1.82) is 0 Å². The summed E-state index contributed by atoms with van der Waals surface area (Å²) >= 11 is 0. The Morgan fingerprint density at radius 3 is 2.78 bits per heavy atom. The Bertz CT molecular complexity index is 446. The lowest BCUT2D eigenvalue weighted by Crippen LogP contribution is -2.37. The van der Waals surface area contributed by atoms with Gasteiger partial charge in [-0.2, -0.15) is 0 Å². The second-order valence-electron chi connectivity index (χ2n) is 5.31. The molecule has 1 unspecified atom stereocenters. The van der Waals surface area contributed by atoms with Crippen LogP contribution in [0.2, 0.25) is 0 Å². The fourth-order valence-electron chi connectivity index (χ4n) is 2.92. The van der Waals surface area contributed by atoms with Gasteiger partial charge in [-0.25, -0.2) is 0 Å². The van der Waals surface area contributed by atoms with E-state index in [-0.39, 0.29) is 0 Å². The van der Waals surface area contributed by atoms with Crippen LogP contribution in [0.4, 0.5) is 0 Å². The number of hydrogen-bond acceptors (Lipinski definition) is 2. The first kappa shape index (κ1) is 13.1. The van der Waals surface area contributed by atoms with Crippen LogP contribution in [-0.2, 0) is 10.2 Å². The third kappa shape index (κ3) is 2.27. The van der Waals surface area contributed by atoms with E-state index in [1.54, 1.807) is 0 Å². The van der Waals surface area contributed by atoms with Crippen molar-refractivity contribution in [3.8, 4) is 0 Å². The zero-order valence-corrected chi connectivity index (χ0v) is 11.1. The molecule has 0 bridgehead atoms. The smallest absolute Gasteiger partial charge is 0.314 e. The van der Waals surface area contributed by atoms with E-state index in [2.05, 4.69) is 11.4 Å². The minimum atomic E-state index is -0.709. The van der Waals surface area contributed by atoms with Crippen molar-refractivity contribution >= 4 is 5.97 Å². The predicted octanol–water partition coefficient (Wildman–Crippen LogP) is 2.40. The third-order valence-corrected chi connectivity index (χ3v) is 4.00. The van der Waals surface area contributed by atoms with Gasteiger partial charge in [-0.15, -0.1) is 0 Å². The minimum Gasteiger partial charge on any atom is -0.481 e. The SMILES string of the molecule is Cc1ccc(C)c(C2(C(=O)O)CCCNCC2)c1. The Hall–Kier alpha value is -1.35. The Balaban J connectivity index is 2.52. The molecular weight excluding hydrogens is 226 g/mol. The van der Waals surface area contributed by atoms with Gasteiger partial charge in [0.2, 0.25) is 0 Å². The zero-order chi connectivity index (χ0) is 13.2. The van der Waals surface area contributed by atoms with E-state index in [0.29, 0.717) is 6.42 Å². The summed E-state index contributed by atoms with van der Waals surface area (Å²) in [7, 11) is 0. The van der Waals surface area contributed by atoms with E-state index >= 15 is 0 Å². The van der Waals surface area contributed by atoms with E-state index in [1.807, 2.05) is 26.0 Å².